The predicted molar refractivity (Wildman–Crippen MR) is 134 cm³/mol. The number of carboxylic acid groups (broad SMARTS) is 1. The number of aromatic nitrogens is 1. The Labute approximate surface area is 210 Å². The van der Waals surface area contributed by atoms with Gasteiger partial charge in [0.15, 0.2) is 0 Å². The topological polar surface area (TPSA) is 112 Å². The van der Waals surface area contributed by atoms with Crippen LogP contribution in [0.15, 0.2) is 41.3 Å². The first-order valence-electron chi connectivity index (χ1n) is 12.5. The van der Waals surface area contributed by atoms with Crippen molar-refractivity contribution in [1.29, 1.82) is 0 Å². The number of rotatable bonds is 9. The van der Waals surface area contributed by atoms with Crippen LogP contribution < -0.4 is 5.56 Å². The van der Waals surface area contributed by atoms with Crippen molar-refractivity contribution in [3.63, 3.8) is 0 Å². The number of hydrogen-bond donors (Lipinski definition) is 2. The molecule has 1 aliphatic heterocycles. The molecule has 4 rings (SSSR count). The molecule has 2 aromatic rings. The minimum atomic E-state index is -1.04. The highest BCUT2D eigenvalue weighted by atomic mass is 16.5. The van der Waals surface area contributed by atoms with Gasteiger partial charge in [-0.2, -0.15) is 0 Å². The number of phenolic OH excluding ortho intramolecular Hbond substituents is 1. The van der Waals surface area contributed by atoms with E-state index in [-0.39, 0.29) is 35.7 Å². The van der Waals surface area contributed by atoms with E-state index in [0.717, 1.165) is 42.4 Å². The van der Waals surface area contributed by atoms with E-state index in [1.54, 1.807) is 38.6 Å². The average Bonchev–Trinajstić information content (AvgIpc) is 3.69. The van der Waals surface area contributed by atoms with E-state index in [0.29, 0.717) is 26.1 Å². The zero-order valence-corrected chi connectivity index (χ0v) is 20.9. The molecule has 9 nitrogen and oxygen atoms in total. The van der Waals surface area contributed by atoms with E-state index >= 15 is 0 Å². The molecule has 1 aliphatic carbocycles. The lowest BCUT2D eigenvalue weighted by Crippen LogP contribution is -2.50. The van der Waals surface area contributed by atoms with Crippen molar-refractivity contribution >= 4 is 12.0 Å². The number of ether oxygens (including phenoxy) is 1. The number of piperidine rings is 1. The van der Waals surface area contributed by atoms with E-state index < -0.39 is 12.0 Å². The molecule has 9 heteroatoms. The smallest absolute Gasteiger partial charge is 0.407 e. The minimum Gasteiger partial charge on any atom is -0.508 e. The number of hydrogen-bond acceptors (Lipinski definition) is 5. The summed E-state index contributed by atoms with van der Waals surface area (Å²) in [4.78, 5) is 41.2. The number of likely N-dealkylation sites (tertiary alicyclic amines) is 1. The summed E-state index contributed by atoms with van der Waals surface area (Å²) in [7, 11) is 3.33. The second kappa shape index (κ2) is 11.2. The Hall–Kier alpha value is -3.33. The number of phenols is 1. The number of carbonyl (C=O) groups excluding carboxylic acids is 1. The number of aromatic hydroxyl groups is 1. The second-order valence-electron chi connectivity index (χ2n) is 9.94. The van der Waals surface area contributed by atoms with E-state index in [1.165, 1.54) is 9.47 Å². The van der Waals surface area contributed by atoms with Crippen LogP contribution in [0.2, 0.25) is 0 Å². The summed E-state index contributed by atoms with van der Waals surface area (Å²) in [5, 5.41) is 19.9. The average molecular weight is 498 g/mol. The predicted octanol–water partition coefficient (Wildman–Crippen LogP) is 2.94. The lowest BCUT2D eigenvalue weighted by Gasteiger charge is -2.39. The number of carbonyl (C=O) groups is 2. The van der Waals surface area contributed by atoms with Gasteiger partial charge in [-0.25, -0.2) is 4.79 Å². The van der Waals surface area contributed by atoms with Gasteiger partial charge in [0.2, 0.25) is 5.91 Å². The first kappa shape index (κ1) is 25.8. The largest absolute Gasteiger partial charge is 0.508 e. The number of nitrogens with zero attached hydrogens (tertiary/aromatic N) is 3. The Bertz CT molecular complexity index is 1160. The van der Waals surface area contributed by atoms with Crippen molar-refractivity contribution in [3.05, 3.63) is 63.6 Å². The van der Waals surface area contributed by atoms with Crippen LogP contribution >= 0.6 is 0 Å². The molecule has 0 bridgehead atoms. The molecule has 1 aromatic carbocycles. The summed E-state index contributed by atoms with van der Waals surface area (Å²) in [6.45, 7) is 1.39. The lowest BCUT2D eigenvalue weighted by atomic mass is 9.79. The molecule has 2 aliphatic rings. The molecule has 2 heterocycles. The molecule has 2 atom stereocenters. The second-order valence-corrected chi connectivity index (χ2v) is 9.94. The highest BCUT2D eigenvalue weighted by molar-refractivity contribution is 5.82. The summed E-state index contributed by atoms with van der Waals surface area (Å²) in [6, 6.07) is 8.95. The van der Waals surface area contributed by atoms with E-state index in [2.05, 4.69) is 0 Å². The molecule has 2 amide bonds. The van der Waals surface area contributed by atoms with Gasteiger partial charge in [0.25, 0.3) is 5.56 Å². The summed E-state index contributed by atoms with van der Waals surface area (Å²) in [5.41, 5.74) is 2.45. The Balaban J connectivity index is 1.60. The maximum absolute atomic E-state index is 14.0. The third-order valence-electron chi connectivity index (χ3n) is 7.23. The van der Waals surface area contributed by atoms with Crippen LogP contribution in [-0.2, 0) is 29.5 Å². The van der Waals surface area contributed by atoms with Crippen molar-refractivity contribution < 1.29 is 24.5 Å². The van der Waals surface area contributed by atoms with Crippen molar-refractivity contribution in [1.82, 2.24) is 14.4 Å². The molecule has 194 valence electrons. The van der Waals surface area contributed by atoms with Crippen LogP contribution in [-0.4, -0.2) is 69.4 Å². The third kappa shape index (κ3) is 6.07. The monoisotopic (exact) mass is 497 g/mol. The van der Waals surface area contributed by atoms with Gasteiger partial charge in [-0.3, -0.25) is 9.59 Å². The number of amides is 2. The molecule has 2 fully saturated rings. The Kier molecular flexibility index (Phi) is 7.98. The fourth-order valence-electron chi connectivity index (χ4n) is 5.15. The van der Waals surface area contributed by atoms with Crippen molar-refractivity contribution in [3.8, 4) is 5.75 Å². The summed E-state index contributed by atoms with van der Waals surface area (Å²) in [5.74, 6) is -0.757. The van der Waals surface area contributed by atoms with Crippen molar-refractivity contribution in [2.24, 2.45) is 13.0 Å². The van der Waals surface area contributed by atoms with Crippen LogP contribution in [0.4, 0.5) is 4.79 Å². The van der Waals surface area contributed by atoms with Crippen LogP contribution in [0.3, 0.4) is 0 Å². The molecule has 1 saturated carbocycles. The molecule has 1 saturated heterocycles. The van der Waals surface area contributed by atoms with Gasteiger partial charge < -0.3 is 29.3 Å². The van der Waals surface area contributed by atoms with E-state index in [1.807, 2.05) is 17.0 Å². The van der Waals surface area contributed by atoms with Gasteiger partial charge in [0.05, 0.1) is 5.92 Å². The Morgan fingerprint density at radius 3 is 2.56 bits per heavy atom. The van der Waals surface area contributed by atoms with Crippen LogP contribution in [0.5, 0.6) is 5.75 Å². The minimum absolute atomic E-state index is 0.0968. The highest BCUT2D eigenvalue weighted by Crippen LogP contribution is 2.37. The van der Waals surface area contributed by atoms with Gasteiger partial charge in [-0.1, -0.05) is 6.07 Å². The van der Waals surface area contributed by atoms with Gasteiger partial charge in [-0.05, 0) is 72.9 Å². The lowest BCUT2D eigenvalue weighted by molar-refractivity contribution is -0.139. The third-order valence-corrected chi connectivity index (χ3v) is 7.23. The molecule has 36 heavy (non-hydrogen) atoms. The van der Waals surface area contributed by atoms with Crippen LogP contribution in [0, 0.1) is 5.92 Å². The summed E-state index contributed by atoms with van der Waals surface area (Å²) in [6.07, 6.45) is 4.52. The molecule has 0 spiro atoms. The molecule has 0 radical (unpaired) electrons. The van der Waals surface area contributed by atoms with Crippen LogP contribution in [0.25, 0.3) is 0 Å². The number of pyridine rings is 1. The maximum atomic E-state index is 14.0. The number of aryl methyl sites for hydroxylation is 2. The Morgan fingerprint density at radius 2 is 1.89 bits per heavy atom. The SMILES string of the molecule is COCCCc1cc(O)cc(CN(C(=O)C2CN(C(=O)O)CCC2c2ccn(C)c(=O)c2)C2CC2)c1. The zero-order valence-electron chi connectivity index (χ0n) is 20.9. The normalized spacial score (nSPS) is 19.8. The van der Waals surface area contributed by atoms with Crippen molar-refractivity contribution in [2.45, 2.75) is 50.6 Å². The molecule has 1 aromatic heterocycles. The standard InChI is InChI=1S/C27H35N3O6/c1-28-9-7-20(15-25(28)32)23-8-10-29(27(34)35)17-24(23)26(33)30(21-5-6-21)16-19-12-18(4-3-11-36-2)13-22(31)14-19/h7,9,12-15,21,23-24,31H,3-6,8,10-11,16-17H2,1-2H3,(H,34,35). The van der Waals surface area contributed by atoms with E-state index in [9.17, 15) is 24.6 Å². The van der Waals surface area contributed by atoms with Gasteiger partial charge in [0.1, 0.15) is 5.75 Å². The molecular weight excluding hydrogens is 462 g/mol. The fraction of sp³-hybridized carbons (Fsp3) is 0.519. The fourth-order valence-corrected chi connectivity index (χ4v) is 5.15. The highest BCUT2D eigenvalue weighted by Gasteiger charge is 2.42. The molecule has 2 unspecified atom stereocenters. The zero-order chi connectivity index (χ0) is 25.8. The first-order chi connectivity index (χ1) is 17.3. The summed E-state index contributed by atoms with van der Waals surface area (Å²) >= 11 is 0. The van der Waals surface area contributed by atoms with Crippen molar-refractivity contribution in [2.75, 3.05) is 26.8 Å². The molecule has 2 N–H and O–H groups in total. The van der Waals surface area contributed by atoms with Gasteiger partial charge in [0, 0.05) is 58.7 Å². The van der Waals surface area contributed by atoms with Gasteiger partial charge >= 0.3 is 6.09 Å². The van der Waals surface area contributed by atoms with Crippen LogP contribution in [0.1, 0.15) is 48.3 Å². The van der Waals surface area contributed by atoms with Gasteiger partial charge in [-0.15, -0.1) is 0 Å². The first-order valence-corrected chi connectivity index (χ1v) is 12.5. The summed E-state index contributed by atoms with van der Waals surface area (Å²) < 4.78 is 6.61. The maximum Gasteiger partial charge on any atom is 0.407 e. The number of methoxy groups -OCH3 is 1. The quantitative estimate of drug-likeness (QED) is 0.515. The van der Waals surface area contributed by atoms with E-state index in [4.69, 9.17) is 4.74 Å². The number of benzene rings is 1. The molecular formula is C27H35N3O6. The Morgan fingerprint density at radius 1 is 1.14 bits per heavy atom.